The van der Waals surface area contributed by atoms with Crippen molar-refractivity contribution in [3.05, 3.63) is 76.4 Å². The van der Waals surface area contributed by atoms with Crippen LogP contribution in [0.4, 0.5) is 18.9 Å². The lowest BCUT2D eigenvalue weighted by Crippen LogP contribution is -2.43. The number of amides is 1. The van der Waals surface area contributed by atoms with E-state index in [2.05, 4.69) is 21.6 Å². The summed E-state index contributed by atoms with van der Waals surface area (Å²) in [6, 6.07) is 12.3. The SMILES string of the molecule is Cn1cnnc1C[C@]1(c2cccc(N3Cc4c(cc(C(C)(C)NCCO)cc4C(F)(F)F)C3=O)c2)C[C@H](C#N)C1. The van der Waals surface area contributed by atoms with Crippen LogP contribution in [0.25, 0.3) is 0 Å². The first-order valence-corrected chi connectivity index (χ1v) is 13.1. The number of nitriles is 1. The smallest absolute Gasteiger partial charge is 0.395 e. The minimum Gasteiger partial charge on any atom is -0.395 e. The number of carbonyl (C=O) groups excluding carboxylic acids is 1. The number of aliphatic hydroxyl groups is 1. The van der Waals surface area contributed by atoms with Gasteiger partial charge in [-0.15, -0.1) is 10.2 Å². The van der Waals surface area contributed by atoms with Crippen molar-refractivity contribution in [2.75, 3.05) is 18.1 Å². The maximum absolute atomic E-state index is 14.2. The third kappa shape index (κ3) is 4.86. The molecule has 2 heterocycles. The molecule has 1 aliphatic heterocycles. The number of hydrogen-bond donors (Lipinski definition) is 2. The standard InChI is InChI=1S/C29H31F3N6O2/c1-27(2,34-7-8-39)20-10-22-23(24(11-20)29(30,31)32)16-38(26(22)40)21-6-4-5-19(9-21)28(12-18(13-28)15-33)14-25-36-35-17-37(25)3/h4-6,9-11,17-18,34,39H,7-8,12-14,16H2,1-3H3/t18-,28-. The molecule has 0 atom stereocenters. The van der Waals surface area contributed by atoms with Crippen LogP contribution in [0.1, 0.15) is 65.1 Å². The van der Waals surface area contributed by atoms with Crippen LogP contribution in [0.3, 0.4) is 0 Å². The highest BCUT2D eigenvalue weighted by Gasteiger charge is 2.47. The zero-order chi connectivity index (χ0) is 28.9. The Hall–Kier alpha value is -3.75. The molecule has 1 fully saturated rings. The summed E-state index contributed by atoms with van der Waals surface area (Å²) in [6.45, 7) is 3.26. The van der Waals surface area contributed by atoms with Crippen LogP contribution in [0.15, 0.2) is 42.7 Å². The molecule has 0 bridgehead atoms. The fourth-order valence-corrected chi connectivity index (χ4v) is 5.93. The molecule has 1 amide bonds. The van der Waals surface area contributed by atoms with Crippen LogP contribution in [0.2, 0.25) is 0 Å². The fourth-order valence-electron chi connectivity index (χ4n) is 5.93. The summed E-state index contributed by atoms with van der Waals surface area (Å²) in [5.74, 6) is 0.166. The summed E-state index contributed by atoms with van der Waals surface area (Å²) in [4.78, 5) is 15.0. The van der Waals surface area contributed by atoms with Crippen LogP contribution in [-0.2, 0) is 37.1 Å². The van der Waals surface area contributed by atoms with Crippen molar-refractivity contribution in [3.63, 3.8) is 0 Å². The number of nitrogens with one attached hydrogen (secondary N) is 1. The molecule has 11 heteroatoms. The van der Waals surface area contributed by atoms with Gasteiger partial charge in [-0.1, -0.05) is 12.1 Å². The maximum Gasteiger partial charge on any atom is 0.416 e. The molecule has 0 saturated heterocycles. The molecule has 210 valence electrons. The Labute approximate surface area is 230 Å². The van der Waals surface area contributed by atoms with E-state index in [1.807, 2.05) is 23.7 Å². The highest BCUT2D eigenvalue weighted by Crippen LogP contribution is 2.50. The van der Waals surface area contributed by atoms with Gasteiger partial charge in [0.25, 0.3) is 5.91 Å². The van der Waals surface area contributed by atoms with E-state index in [9.17, 15) is 28.3 Å². The van der Waals surface area contributed by atoms with Crippen LogP contribution in [-0.4, -0.2) is 38.9 Å². The lowest BCUT2D eigenvalue weighted by Gasteiger charge is -2.45. The van der Waals surface area contributed by atoms with Gasteiger partial charge in [-0.3, -0.25) is 4.79 Å². The number of hydrogen-bond acceptors (Lipinski definition) is 6. The molecule has 0 spiro atoms. The number of aromatic nitrogens is 3. The van der Waals surface area contributed by atoms with E-state index in [-0.39, 0.29) is 42.2 Å². The summed E-state index contributed by atoms with van der Waals surface area (Å²) in [6.07, 6.45) is -1.25. The van der Waals surface area contributed by atoms with Gasteiger partial charge in [-0.2, -0.15) is 18.4 Å². The summed E-state index contributed by atoms with van der Waals surface area (Å²) < 4.78 is 44.6. The van der Waals surface area contributed by atoms with Gasteiger partial charge < -0.3 is 19.9 Å². The number of anilines is 1. The molecule has 0 radical (unpaired) electrons. The van der Waals surface area contributed by atoms with Crippen molar-refractivity contribution in [3.8, 4) is 6.07 Å². The number of carbonyl (C=O) groups is 1. The van der Waals surface area contributed by atoms with Crippen LogP contribution in [0, 0.1) is 17.2 Å². The number of halogens is 3. The molecule has 1 aromatic heterocycles. The number of aliphatic hydroxyl groups excluding tert-OH is 1. The molecule has 40 heavy (non-hydrogen) atoms. The van der Waals surface area contributed by atoms with Gasteiger partial charge in [-0.25, -0.2) is 0 Å². The Kier molecular flexibility index (Phi) is 6.96. The van der Waals surface area contributed by atoms with E-state index in [4.69, 9.17) is 0 Å². The first kappa shape index (κ1) is 27.8. The molecule has 0 unspecified atom stereocenters. The molecular formula is C29H31F3N6O2. The molecule has 2 aliphatic rings. The lowest BCUT2D eigenvalue weighted by molar-refractivity contribution is -0.138. The largest absolute Gasteiger partial charge is 0.416 e. The minimum absolute atomic E-state index is 0.0242. The van der Waals surface area contributed by atoms with Crippen LogP contribution >= 0.6 is 0 Å². The van der Waals surface area contributed by atoms with Crippen molar-refractivity contribution in [2.24, 2.45) is 13.0 Å². The summed E-state index contributed by atoms with van der Waals surface area (Å²) in [5.41, 5.74) is -0.421. The minimum atomic E-state index is -4.65. The van der Waals surface area contributed by atoms with Crippen molar-refractivity contribution < 1.29 is 23.1 Å². The Balaban J connectivity index is 1.52. The van der Waals surface area contributed by atoms with Gasteiger partial charge in [0, 0.05) is 48.1 Å². The zero-order valence-electron chi connectivity index (χ0n) is 22.6. The monoisotopic (exact) mass is 552 g/mol. The predicted molar refractivity (Wildman–Crippen MR) is 141 cm³/mol. The van der Waals surface area contributed by atoms with Crippen molar-refractivity contribution in [2.45, 2.75) is 56.8 Å². The molecule has 8 nitrogen and oxygen atoms in total. The second kappa shape index (κ2) is 10.0. The van der Waals surface area contributed by atoms with Gasteiger partial charge >= 0.3 is 6.18 Å². The maximum atomic E-state index is 14.2. The number of benzene rings is 2. The normalized spacial score (nSPS) is 20.8. The van der Waals surface area contributed by atoms with E-state index in [1.165, 1.54) is 11.0 Å². The van der Waals surface area contributed by atoms with Crippen molar-refractivity contribution in [1.82, 2.24) is 20.1 Å². The Morgan fingerprint density at radius 2 is 1.98 bits per heavy atom. The average molecular weight is 553 g/mol. The first-order valence-electron chi connectivity index (χ1n) is 13.1. The number of fused-ring (bicyclic) bond motifs is 1. The average Bonchev–Trinajstić information content (AvgIpc) is 3.45. The first-order chi connectivity index (χ1) is 18.9. The van der Waals surface area contributed by atoms with Crippen LogP contribution < -0.4 is 10.2 Å². The van der Waals surface area contributed by atoms with E-state index < -0.39 is 23.2 Å². The molecule has 1 saturated carbocycles. The Morgan fingerprint density at radius 3 is 2.60 bits per heavy atom. The second-order valence-electron chi connectivity index (χ2n) is 11.3. The van der Waals surface area contributed by atoms with Crippen molar-refractivity contribution >= 4 is 11.6 Å². The molecular weight excluding hydrogens is 521 g/mol. The quantitative estimate of drug-likeness (QED) is 0.433. The molecule has 5 rings (SSSR count). The van der Waals surface area contributed by atoms with Gasteiger partial charge in [0.05, 0.1) is 24.8 Å². The highest BCUT2D eigenvalue weighted by molar-refractivity contribution is 6.10. The third-order valence-electron chi connectivity index (χ3n) is 8.28. The van der Waals surface area contributed by atoms with Gasteiger partial charge in [-0.05, 0) is 67.6 Å². The number of alkyl halides is 3. The number of aryl methyl sites for hydroxylation is 1. The van der Waals surface area contributed by atoms with Gasteiger partial charge in [0.1, 0.15) is 12.2 Å². The van der Waals surface area contributed by atoms with E-state index >= 15 is 0 Å². The Bertz CT molecular complexity index is 1480. The van der Waals surface area contributed by atoms with Crippen molar-refractivity contribution in [1.29, 1.82) is 5.26 Å². The van der Waals surface area contributed by atoms with E-state index in [0.29, 0.717) is 30.5 Å². The van der Waals surface area contributed by atoms with E-state index in [0.717, 1.165) is 17.5 Å². The van der Waals surface area contributed by atoms with Gasteiger partial charge in [0.15, 0.2) is 0 Å². The van der Waals surface area contributed by atoms with Crippen LogP contribution in [0.5, 0.6) is 0 Å². The highest BCUT2D eigenvalue weighted by atomic mass is 19.4. The third-order valence-corrected chi connectivity index (χ3v) is 8.28. The lowest BCUT2D eigenvalue weighted by atomic mass is 9.57. The second-order valence-corrected chi connectivity index (χ2v) is 11.3. The summed E-state index contributed by atoms with van der Waals surface area (Å²) in [7, 11) is 1.85. The summed E-state index contributed by atoms with van der Waals surface area (Å²) >= 11 is 0. The Morgan fingerprint density at radius 1 is 1.23 bits per heavy atom. The molecule has 1 aliphatic carbocycles. The molecule has 2 aromatic carbocycles. The predicted octanol–water partition coefficient (Wildman–Crippen LogP) is 4.23. The number of nitrogens with zero attached hydrogens (tertiary/aromatic N) is 5. The topological polar surface area (TPSA) is 107 Å². The number of rotatable bonds is 8. The summed E-state index contributed by atoms with van der Waals surface area (Å²) in [5, 5.41) is 29.9. The molecule has 2 N–H and O–H groups in total. The molecule has 3 aromatic rings. The fraction of sp³-hybridized carbons (Fsp3) is 0.448. The van der Waals surface area contributed by atoms with E-state index in [1.54, 1.807) is 32.3 Å². The zero-order valence-corrected chi connectivity index (χ0v) is 22.6. The van der Waals surface area contributed by atoms with Gasteiger partial charge in [0.2, 0.25) is 0 Å².